The van der Waals surface area contributed by atoms with Crippen LogP contribution in [0.1, 0.15) is 91.2 Å². The van der Waals surface area contributed by atoms with Crippen LogP contribution in [0, 0.1) is 12.7 Å². The molecule has 8 heterocycles. The van der Waals surface area contributed by atoms with Crippen LogP contribution in [-0.2, 0) is 19.0 Å². The van der Waals surface area contributed by atoms with Crippen molar-refractivity contribution in [3.05, 3.63) is 88.0 Å². The monoisotopic (exact) mass is 778 g/mol. The molecule has 4 aliphatic rings. The van der Waals surface area contributed by atoms with Crippen molar-refractivity contribution in [2.75, 3.05) is 46.0 Å². The molecular weight excluding hydrogens is 732 g/mol. The SMILES string of the molecule is Cc1cc(OC2CCN(C(C)c3ccc4c(n3)OCC4)CC2)cc(Cc2cnc(C(F)(F)F)cc2OC2CCN(C(C)c3nc4c(cc3F)OCCO4)CC2)n1. The number of aryl methyl sites for hydroxylation is 1. The van der Waals surface area contributed by atoms with Gasteiger partial charge < -0.3 is 23.7 Å². The number of nitrogens with zero attached hydrogens (tertiary/aromatic N) is 6. The van der Waals surface area contributed by atoms with Gasteiger partial charge in [-0.2, -0.15) is 13.2 Å². The van der Waals surface area contributed by atoms with Crippen LogP contribution < -0.4 is 23.7 Å². The molecule has 2 saturated heterocycles. The Bertz CT molecular complexity index is 2040. The van der Waals surface area contributed by atoms with E-state index >= 15 is 4.39 Å². The lowest BCUT2D eigenvalue weighted by Crippen LogP contribution is -2.40. The molecule has 8 rings (SSSR count). The summed E-state index contributed by atoms with van der Waals surface area (Å²) in [4.78, 5) is 22.1. The normalized spacial score (nSPS) is 19.3. The fraction of sp³-hybridized carbons (Fsp3) is 0.512. The lowest BCUT2D eigenvalue weighted by molar-refractivity contribution is -0.141. The van der Waals surface area contributed by atoms with Crippen LogP contribution >= 0.6 is 0 Å². The maximum atomic E-state index is 15.0. The predicted octanol–water partition coefficient (Wildman–Crippen LogP) is 7.24. The van der Waals surface area contributed by atoms with Gasteiger partial charge in [-0.15, -0.1) is 0 Å². The third kappa shape index (κ3) is 8.48. The van der Waals surface area contributed by atoms with Crippen molar-refractivity contribution in [3.63, 3.8) is 0 Å². The van der Waals surface area contributed by atoms with Gasteiger partial charge in [-0.25, -0.2) is 14.4 Å². The highest BCUT2D eigenvalue weighted by Crippen LogP contribution is 2.37. The minimum atomic E-state index is -4.64. The summed E-state index contributed by atoms with van der Waals surface area (Å²) >= 11 is 0. The molecule has 4 aliphatic heterocycles. The first-order chi connectivity index (χ1) is 27.0. The lowest BCUT2D eigenvalue weighted by Gasteiger charge is -2.36. The number of rotatable bonds is 10. The van der Waals surface area contributed by atoms with Crippen LogP contribution in [0.4, 0.5) is 17.6 Å². The average molecular weight is 779 g/mol. The summed E-state index contributed by atoms with van der Waals surface area (Å²) in [6.45, 7) is 10.1. The summed E-state index contributed by atoms with van der Waals surface area (Å²) in [7, 11) is 0. The maximum absolute atomic E-state index is 15.0. The van der Waals surface area contributed by atoms with E-state index < -0.39 is 17.7 Å². The van der Waals surface area contributed by atoms with Gasteiger partial charge in [0.2, 0.25) is 5.88 Å². The molecule has 4 aromatic rings. The van der Waals surface area contributed by atoms with Crippen LogP contribution in [0.5, 0.6) is 29.0 Å². The van der Waals surface area contributed by atoms with Crippen molar-refractivity contribution in [3.8, 4) is 29.0 Å². The van der Waals surface area contributed by atoms with Gasteiger partial charge in [-0.3, -0.25) is 19.8 Å². The molecule has 298 valence electrons. The molecule has 11 nitrogen and oxygen atoms in total. The molecule has 0 amide bonds. The molecule has 15 heteroatoms. The molecule has 56 heavy (non-hydrogen) atoms. The fourth-order valence-corrected chi connectivity index (χ4v) is 7.96. The second kappa shape index (κ2) is 16.0. The van der Waals surface area contributed by atoms with Gasteiger partial charge in [-0.05, 0) is 52.5 Å². The first-order valence-electron chi connectivity index (χ1n) is 19.4. The number of likely N-dealkylation sites (tertiary alicyclic amines) is 2. The van der Waals surface area contributed by atoms with E-state index in [0.717, 1.165) is 61.2 Å². The summed E-state index contributed by atoms with van der Waals surface area (Å²) < 4.78 is 86.1. The van der Waals surface area contributed by atoms with Gasteiger partial charge in [0.05, 0.1) is 24.0 Å². The highest BCUT2D eigenvalue weighted by Gasteiger charge is 2.35. The Labute approximate surface area is 323 Å². The van der Waals surface area contributed by atoms with E-state index in [4.69, 9.17) is 33.7 Å². The van der Waals surface area contributed by atoms with Gasteiger partial charge in [0.25, 0.3) is 5.88 Å². The standard InChI is InChI=1S/C41H46F4N6O5/c1-24-18-32(55-30-6-11-50(12-7-30)25(2)34-5-4-27-10-15-53-39(27)48-34)20-29(47-24)19-28-23-46-37(41(43,44)45)22-35(28)56-31-8-13-51(14-9-31)26(3)38-33(42)21-36-40(49-38)54-17-16-52-36/h4-5,18,20-23,25-26,30-31H,6-17,19H2,1-3H3. The molecular formula is C41H46F4N6O5. The second-order valence-electron chi connectivity index (χ2n) is 15.0. The Morgan fingerprint density at radius 1 is 0.804 bits per heavy atom. The first kappa shape index (κ1) is 38.1. The molecule has 4 aromatic heterocycles. The smallest absolute Gasteiger partial charge is 0.433 e. The topological polar surface area (TPSA) is 104 Å². The lowest BCUT2D eigenvalue weighted by atomic mass is 10.0. The summed E-state index contributed by atoms with van der Waals surface area (Å²) in [6.07, 6.45) is 0.0670. The highest BCUT2D eigenvalue weighted by molar-refractivity contribution is 5.40. The zero-order chi connectivity index (χ0) is 39.0. The van der Waals surface area contributed by atoms with Gasteiger partial charge in [0.1, 0.15) is 48.4 Å². The molecule has 2 fully saturated rings. The van der Waals surface area contributed by atoms with E-state index in [0.29, 0.717) is 62.8 Å². The van der Waals surface area contributed by atoms with Gasteiger partial charge >= 0.3 is 6.18 Å². The summed E-state index contributed by atoms with van der Waals surface area (Å²) in [5.74, 6) is 1.62. The molecule has 0 aliphatic carbocycles. The van der Waals surface area contributed by atoms with Crippen molar-refractivity contribution in [1.29, 1.82) is 0 Å². The largest absolute Gasteiger partial charge is 0.490 e. The van der Waals surface area contributed by atoms with Crippen molar-refractivity contribution >= 4 is 0 Å². The number of piperidine rings is 2. The minimum absolute atomic E-state index is 0.00602. The molecule has 2 atom stereocenters. The quantitative estimate of drug-likeness (QED) is 0.152. The Kier molecular flexibility index (Phi) is 10.9. The number of ether oxygens (including phenoxy) is 5. The molecule has 0 spiro atoms. The van der Waals surface area contributed by atoms with Crippen LogP contribution in [0.3, 0.4) is 0 Å². The number of hydrogen-bond donors (Lipinski definition) is 0. The van der Waals surface area contributed by atoms with E-state index in [9.17, 15) is 13.2 Å². The van der Waals surface area contributed by atoms with Crippen molar-refractivity contribution in [2.24, 2.45) is 0 Å². The Morgan fingerprint density at radius 3 is 2.25 bits per heavy atom. The number of halogens is 4. The second-order valence-corrected chi connectivity index (χ2v) is 15.0. The van der Waals surface area contributed by atoms with Gasteiger partial charge in [-0.1, -0.05) is 6.07 Å². The first-order valence-corrected chi connectivity index (χ1v) is 19.4. The highest BCUT2D eigenvalue weighted by atomic mass is 19.4. The zero-order valence-electron chi connectivity index (χ0n) is 31.8. The molecule has 0 N–H and O–H groups in total. The van der Waals surface area contributed by atoms with Crippen LogP contribution in [0.15, 0.2) is 42.6 Å². The van der Waals surface area contributed by atoms with Crippen molar-refractivity contribution in [1.82, 2.24) is 29.7 Å². The number of aromatic nitrogens is 4. The number of alkyl halides is 3. The number of fused-ring (bicyclic) bond motifs is 2. The number of hydrogen-bond acceptors (Lipinski definition) is 11. The summed E-state index contributed by atoms with van der Waals surface area (Å²) in [5.41, 5.74) is 3.27. The molecule has 0 bridgehead atoms. The third-order valence-corrected chi connectivity index (χ3v) is 11.1. The van der Waals surface area contributed by atoms with Crippen LogP contribution in [-0.4, -0.2) is 87.9 Å². The Balaban J connectivity index is 0.905. The zero-order valence-corrected chi connectivity index (χ0v) is 31.8. The van der Waals surface area contributed by atoms with E-state index in [1.807, 2.05) is 26.0 Å². The van der Waals surface area contributed by atoms with Gasteiger partial charge in [0.15, 0.2) is 5.75 Å². The van der Waals surface area contributed by atoms with E-state index in [2.05, 4.69) is 38.8 Å². The summed E-state index contributed by atoms with van der Waals surface area (Å²) in [5, 5.41) is 0. The Morgan fingerprint density at radius 2 is 1.50 bits per heavy atom. The third-order valence-electron chi connectivity index (χ3n) is 11.1. The predicted molar refractivity (Wildman–Crippen MR) is 197 cm³/mol. The van der Waals surface area contributed by atoms with E-state index in [1.165, 1.54) is 12.3 Å². The maximum Gasteiger partial charge on any atom is 0.433 e. The Hall–Kier alpha value is -4.76. The van der Waals surface area contributed by atoms with E-state index in [1.54, 1.807) is 0 Å². The molecule has 0 aromatic carbocycles. The molecule has 2 unspecified atom stereocenters. The van der Waals surface area contributed by atoms with E-state index in [-0.39, 0.29) is 53.8 Å². The number of pyridine rings is 4. The molecule has 0 saturated carbocycles. The minimum Gasteiger partial charge on any atom is -0.490 e. The van der Waals surface area contributed by atoms with Crippen molar-refractivity contribution < 1.29 is 41.2 Å². The fourth-order valence-electron chi connectivity index (χ4n) is 7.96. The van der Waals surface area contributed by atoms with Crippen molar-refractivity contribution in [2.45, 2.75) is 89.8 Å². The van der Waals surface area contributed by atoms with Crippen LogP contribution in [0.2, 0.25) is 0 Å². The van der Waals surface area contributed by atoms with Gasteiger partial charge in [0, 0.05) is 98.0 Å². The molecule has 0 radical (unpaired) electrons. The average Bonchev–Trinajstić information content (AvgIpc) is 3.66. The van der Waals surface area contributed by atoms with Crippen LogP contribution in [0.25, 0.3) is 0 Å². The summed E-state index contributed by atoms with van der Waals surface area (Å²) in [6, 6.07) is 10.0.